The Labute approximate surface area is 206 Å². The van der Waals surface area contributed by atoms with E-state index in [0.29, 0.717) is 18.2 Å². The number of carbonyl (C=O) groups excluding carboxylic acids is 1. The first-order valence-electron chi connectivity index (χ1n) is 11.2. The number of fused-ring (bicyclic) bond motifs is 1. The number of hydrogen-bond acceptors (Lipinski definition) is 8. The smallest absolute Gasteiger partial charge is 0.231 e. The van der Waals surface area contributed by atoms with E-state index in [-0.39, 0.29) is 19.1 Å². The Balaban J connectivity index is 1.15. The Morgan fingerprint density at radius 3 is 2.57 bits per heavy atom. The van der Waals surface area contributed by atoms with Gasteiger partial charge in [0.15, 0.2) is 16.6 Å². The largest absolute Gasteiger partial charge is 0.489 e. The lowest BCUT2D eigenvalue weighted by Crippen LogP contribution is -2.14. The van der Waals surface area contributed by atoms with Crippen LogP contribution in [0.2, 0.25) is 0 Å². The standard InChI is InChI=1S/C26H25N3O5S/c1-15-21(17(3)34-29-15)13-31-20-7-4-18(5-8-20)12-25(30)28-26-27-16(2)24(35-26)11-19-6-9-22-23(10-19)33-14-32-22/h4-10H,11-14H2,1-3H3,(H,27,28,30). The fourth-order valence-electron chi connectivity index (χ4n) is 3.80. The van der Waals surface area contributed by atoms with Crippen LogP contribution < -0.4 is 19.5 Å². The first kappa shape index (κ1) is 22.9. The van der Waals surface area contributed by atoms with Crippen LogP contribution in [-0.2, 0) is 24.2 Å². The van der Waals surface area contributed by atoms with Crippen molar-refractivity contribution in [3.63, 3.8) is 0 Å². The van der Waals surface area contributed by atoms with Crippen LogP contribution in [0.5, 0.6) is 17.2 Å². The molecule has 9 heteroatoms. The molecular formula is C26H25N3O5S. The van der Waals surface area contributed by atoms with Crippen molar-refractivity contribution in [3.8, 4) is 17.2 Å². The number of benzene rings is 2. The predicted octanol–water partition coefficient (Wildman–Crippen LogP) is 5.14. The van der Waals surface area contributed by atoms with Gasteiger partial charge in [-0.3, -0.25) is 4.79 Å². The minimum absolute atomic E-state index is 0.113. The zero-order valence-electron chi connectivity index (χ0n) is 19.7. The summed E-state index contributed by atoms with van der Waals surface area (Å²) < 4.78 is 21.8. The summed E-state index contributed by atoms with van der Waals surface area (Å²) in [4.78, 5) is 18.2. The third-order valence-corrected chi connectivity index (χ3v) is 6.87. The third-order valence-electron chi connectivity index (χ3n) is 5.79. The van der Waals surface area contributed by atoms with E-state index in [2.05, 4.69) is 15.5 Å². The highest BCUT2D eigenvalue weighted by Crippen LogP contribution is 2.34. The van der Waals surface area contributed by atoms with Gasteiger partial charge in [-0.25, -0.2) is 4.98 Å². The summed E-state index contributed by atoms with van der Waals surface area (Å²) in [5.41, 5.74) is 4.68. The molecule has 1 aliphatic heterocycles. The number of aryl methyl sites for hydroxylation is 3. The van der Waals surface area contributed by atoms with E-state index in [4.69, 9.17) is 18.7 Å². The molecule has 0 atom stereocenters. The molecule has 3 heterocycles. The van der Waals surface area contributed by atoms with Crippen LogP contribution in [0.3, 0.4) is 0 Å². The molecular weight excluding hydrogens is 466 g/mol. The Kier molecular flexibility index (Phi) is 6.41. The highest BCUT2D eigenvalue weighted by Gasteiger charge is 2.16. The van der Waals surface area contributed by atoms with E-state index in [1.165, 1.54) is 11.3 Å². The summed E-state index contributed by atoms with van der Waals surface area (Å²) in [6.07, 6.45) is 0.964. The monoisotopic (exact) mass is 491 g/mol. The highest BCUT2D eigenvalue weighted by atomic mass is 32.1. The van der Waals surface area contributed by atoms with Crippen LogP contribution in [0.1, 0.15) is 38.7 Å². The summed E-state index contributed by atoms with van der Waals surface area (Å²) in [5, 5.41) is 7.46. The number of anilines is 1. The average molecular weight is 492 g/mol. The van der Waals surface area contributed by atoms with Crippen molar-refractivity contribution in [2.24, 2.45) is 0 Å². The van der Waals surface area contributed by atoms with Gasteiger partial charge < -0.3 is 24.1 Å². The predicted molar refractivity (Wildman–Crippen MR) is 131 cm³/mol. The minimum Gasteiger partial charge on any atom is -0.489 e. The number of hydrogen-bond donors (Lipinski definition) is 1. The molecule has 0 spiro atoms. The second kappa shape index (κ2) is 9.79. The Hall–Kier alpha value is -3.85. The number of nitrogens with zero attached hydrogens (tertiary/aromatic N) is 2. The van der Waals surface area contributed by atoms with Crippen LogP contribution in [0, 0.1) is 20.8 Å². The van der Waals surface area contributed by atoms with Crippen LogP contribution in [0.4, 0.5) is 5.13 Å². The zero-order valence-corrected chi connectivity index (χ0v) is 20.5. The molecule has 8 nitrogen and oxygen atoms in total. The average Bonchev–Trinajstić information content (AvgIpc) is 3.52. The first-order chi connectivity index (χ1) is 16.9. The number of thiazole rings is 1. The molecule has 0 fully saturated rings. The second-order valence-electron chi connectivity index (χ2n) is 8.35. The molecule has 35 heavy (non-hydrogen) atoms. The van der Waals surface area contributed by atoms with Gasteiger partial charge in [0.05, 0.1) is 23.4 Å². The third kappa shape index (κ3) is 5.30. The Morgan fingerprint density at radius 1 is 1.03 bits per heavy atom. The summed E-state index contributed by atoms with van der Waals surface area (Å²) in [6, 6.07) is 13.4. The molecule has 1 aliphatic rings. The number of rotatable bonds is 8. The van der Waals surface area contributed by atoms with Crippen molar-refractivity contribution >= 4 is 22.4 Å². The Morgan fingerprint density at radius 2 is 1.80 bits per heavy atom. The van der Waals surface area contributed by atoms with Gasteiger partial charge in [0.25, 0.3) is 0 Å². The quantitative estimate of drug-likeness (QED) is 0.365. The SMILES string of the molecule is Cc1nc(NC(=O)Cc2ccc(OCc3c(C)noc3C)cc2)sc1Cc1ccc2c(c1)OCO2. The maximum absolute atomic E-state index is 12.6. The lowest BCUT2D eigenvalue weighted by Gasteiger charge is -2.07. The molecule has 2 aromatic carbocycles. The summed E-state index contributed by atoms with van der Waals surface area (Å²) >= 11 is 1.49. The minimum atomic E-state index is -0.113. The second-order valence-corrected chi connectivity index (χ2v) is 9.44. The lowest BCUT2D eigenvalue weighted by molar-refractivity contribution is -0.115. The van der Waals surface area contributed by atoms with Crippen molar-refractivity contribution in [3.05, 3.63) is 81.2 Å². The molecule has 0 bridgehead atoms. The van der Waals surface area contributed by atoms with Crippen LogP contribution in [0.25, 0.3) is 0 Å². The molecule has 0 saturated heterocycles. The molecule has 1 amide bonds. The molecule has 0 saturated carbocycles. The fraction of sp³-hybridized carbons (Fsp3) is 0.269. The van der Waals surface area contributed by atoms with Crippen LogP contribution in [-0.4, -0.2) is 22.8 Å². The zero-order chi connectivity index (χ0) is 24.4. The van der Waals surface area contributed by atoms with E-state index < -0.39 is 0 Å². The van der Waals surface area contributed by atoms with Crippen molar-refractivity contribution in [1.82, 2.24) is 10.1 Å². The van der Waals surface area contributed by atoms with E-state index in [1.807, 2.05) is 63.2 Å². The van der Waals surface area contributed by atoms with Gasteiger partial charge >= 0.3 is 0 Å². The summed E-state index contributed by atoms with van der Waals surface area (Å²) in [5.74, 6) is 2.89. The van der Waals surface area contributed by atoms with E-state index in [0.717, 1.165) is 56.0 Å². The topological polar surface area (TPSA) is 95.7 Å². The molecule has 2 aromatic heterocycles. The maximum Gasteiger partial charge on any atom is 0.231 e. The molecule has 0 aliphatic carbocycles. The van der Waals surface area contributed by atoms with Gasteiger partial charge in [0.1, 0.15) is 18.1 Å². The molecule has 4 aromatic rings. The van der Waals surface area contributed by atoms with Crippen molar-refractivity contribution in [2.75, 3.05) is 12.1 Å². The Bertz CT molecular complexity index is 1340. The van der Waals surface area contributed by atoms with Gasteiger partial charge in [-0.2, -0.15) is 0 Å². The number of aromatic nitrogens is 2. The van der Waals surface area contributed by atoms with Gasteiger partial charge in [0, 0.05) is 11.3 Å². The first-order valence-corrected chi connectivity index (χ1v) is 12.0. The molecule has 0 radical (unpaired) electrons. The molecule has 5 rings (SSSR count). The van der Waals surface area contributed by atoms with Gasteiger partial charge in [0.2, 0.25) is 12.7 Å². The number of carbonyl (C=O) groups is 1. The van der Waals surface area contributed by atoms with Gasteiger partial charge in [-0.1, -0.05) is 23.4 Å². The van der Waals surface area contributed by atoms with Crippen LogP contribution in [0.15, 0.2) is 47.0 Å². The van der Waals surface area contributed by atoms with E-state index in [1.54, 1.807) is 0 Å². The van der Waals surface area contributed by atoms with Gasteiger partial charge in [-0.15, -0.1) is 11.3 Å². The van der Waals surface area contributed by atoms with Crippen molar-refractivity contribution in [2.45, 2.75) is 40.2 Å². The normalized spacial score (nSPS) is 12.1. The molecule has 0 unspecified atom stereocenters. The van der Waals surface area contributed by atoms with Crippen molar-refractivity contribution < 1.29 is 23.5 Å². The maximum atomic E-state index is 12.6. The summed E-state index contributed by atoms with van der Waals surface area (Å²) in [6.45, 7) is 6.35. The molecule has 1 N–H and O–H groups in total. The highest BCUT2D eigenvalue weighted by molar-refractivity contribution is 7.15. The van der Waals surface area contributed by atoms with Gasteiger partial charge in [-0.05, 0) is 56.2 Å². The number of ether oxygens (including phenoxy) is 3. The van der Waals surface area contributed by atoms with E-state index in [9.17, 15) is 4.79 Å². The van der Waals surface area contributed by atoms with Crippen LogP contribution >= 0.6 is 11.3 Å². The number of amides is 1. The lowest BCUT2D eigenvalue weighted by atomic mass is 10.1. The van der Waals surface area contributed by atoms with E-state index >= 15 is 0 Å². The van der Waals surface area contributed by atoms with Crippen molar-refractivity contribution in [1.29, 1.82) is 0 Å². The number of nitrogens with one attached hydrogen (secondary N) is 1. The summed E-state index contributed by atoms with van der Waals surface area (Å²) in [7, 11) is 0. The fourth-order valence-corrected chi connectivity index (χ4v) is 4.81. The molecule has 180 valence electrons.